The van der Waals surface area contributed by atoms with Gasteiger partial charge in [-0.3, -0.25) is 9.78 Å². The molecule has 0 spiro atoms. The van der Waals surface area contributed by atoms with E-state index in [1.165, 1.54) is 24.3 Å². The molecule has 0 unspecified atom stereocenters. The zero-order valence-corrected chi connectivity index (χ0v) is 15.3. The second-order valence-corrected chi connectivity index (χ2v) is 8.27. The molecule has 0 atom stereocenters. The maximum absolute atomic E-state index is 12.5. The minimum Gasteiger partial charge on any atom is -0.348 e. The maximum atomic E-state index is 12.5. The van der Waals surface area contributed by atoms with Gasteiger partial charge in [0.25, 0.3) is 5.91 Å². The summed E-state index contributed by atoms with van der Waals surface area (Å²) in [6.07, 6.45) is 6.52. The largest absolute Gasteiger partial charge is 0.348 e. The summed E-state index contributed by atoms with van der Waals surface area (Å²) < 4.78 is 0. The van der Waals surface area contributed by atoms with Crippen LogP contribution in [-0.2, 0) is 0 Å². The van der Waals surface area contributed by atoms with Crippen molar-refractivity contribution in [2.24, 2.45) is 0 Å². The number of fused-ring (bicyclic) bond motifs is 1. The van der Waals surface area contributed by atoms with Crippen LogP contribution < -0.4 is 5.32 Å². The topological polar surface area (TPSA) is 45.2 Å². The van der Waals surface area contributed by atoms with Gasteiger partial charge >= 0.3 is 0 Å². The van der Waals surface area contributed by atoms with Crippen LogP contribution in [0.4, 0.5) is 0 Å². The average molecular weight is 356 g/mol. The number of carbonyl (C=O) groups is 1. The fourth-order valence-corrected chi connectivity index (χ4v) is 5.01. The van der Waals surface area contributed by atoms with E-state index in [0.717, 1.165) is 42.7 Å². The van der Waals surface area contributed by atoms with E-state index < -0.39 is 0 Å². The summed E-state index contributed by atoms with van der Waals surface area (Å²) >= 11 is 2.08. The van der Waals surface area contributed by atoms with Gasteiger partial charge in [0.1, 0.15) is 5.69 Å². The van der Waals surface area contributed by atoms with Gasteiger partial charge in [-0.05, 0) is 48.6 Å². The van der Waals surface area contributed by atoms with Crippen molar-refractivity contribution >= 4 is 28.4 Å². The molecular formula is C20H25N3OS. The molecule has 1 amide bonds. The highest BCUT2D eigenvalue weighted by molar-refractivity contribution is 7.99. The third-order valence-corrected chi connectivity index (χ3v) is 6.48. The van der Waals surface area contributed by atoms with Crippen LogP contribution in [-0.4, -0.2) is 52.5 Å². The van der Waals surface area contributed by atoms with Gasteiger partial charge < -0.3 is 10.2 Å². The normalized spacial score (nSPS) is 20.6. The zero-order valence-electron chi connectivity index (χ0n) is 14.5. The van der Waals surface area contributed by atoms with Gasteiger partial charge in [-0.1, -0.05) is 24.3 Å². The van der Waals surface area contributed by atoms with Crippen molar-refractivity contribution in [2.45, 2.75) is 37.8 Å². The van der Waals surface area contributed by atoms with Crippen molar-refractivity contribution in [1.82, 2.24) is 15.2 Å². The highest BCUT2D eigenvalue weighted by Gasteiger charge is 2.27. The van der Waals surface area contributed by atoms with Crippen LogP contribution in [0.15, 0.2) is 36.5 Å². The van der Waals surface area contributed by atoms with Gasteiger partial charge in [0.05, 0.1) is 0 Å². The van der Waals surface area contributed by atoms with Crippen LogP contribution >= 0.6 is 11.8 Å². The van der Waals surface area contributed by atoms with Crippen LogP contribution in [0.3, 0.4) is 0 Å². The molecule has 1 N–H and O–H groups in total. The van der Waals surface area contributed by atoms with Gasteiger partial charge in [0.2, 0.25) is 0 Å². The number of thioether (sulfide) groups is 1. The second-order valence-electron chi connectivity index (χ2n) is 7.04. The van der Waals surface area contributed by atoms with Crippen LogP contribution in [0.1, 0.15) is 36.2 Å². The van der Waals surface area contributed by atoms with Gasteiger partial charge in [-0.15, -0.1) is 0 Å². The Hall–Kier alpha value is -1.59. The summed E-state index contributed by atoms with van der Waals surface area (Å²) in [7, 11) is 0. The number of likely N-dealkylation sites (tertiary alicyclic amines) is 1. The smallest absolute Gasteiger partial charge is 0.270 e. The van der Waals surface area contributed by atoms with E-state index in [2.05, 4.69) is 27.0 Å². The molecular weight excluding hydrogens is 330 g/mol. The number of hydrogen-bond acceptors (Lipinski definition) is 4. The summed E-state index contributed by atoms with van der Waals surface area (Å²) in [6.45, 7) is 2.21. The Morgan fingerprint density at radius 2 is 1.80 bits per heavy atom. The average Bonchev–Trinajstić information content (AvgIpc) is 2.69. The fraction of sp³-hybridized carbons (Fsp3) is 0.500. The lowest BCUT2D eigenvalue weighted by Gasteiger charge is -2.39. The number of nitrogens with zero attached hydrogens (tertiary/aromatic N) is 2. The highest BCUT2D eigenvalue weighted by Crippen LogP contribution is 2.24. The van der Waals surface area contributed by atoms with Crippen molar-refractivity contribution in [3.63, 3.8) is 0 Å². The third-order valence-electron chi connectivity index (χ3n) is 5.44. The Bertz CT molecular complexity index is 737. The molecule has 1 aromatic carbocycles. The predicted molar refractivity (Wildman–Crippen MR) is 104 cm³/mol. The first kappa shape index (κ1) is 16.9. The van der Waals surface area contributed by atoms with E-state index in [-0.39, 0.29) is 11.9 Å². The van der Waals surface area contributed by atoms with Gasteiger partial charge in [0.15, 0.2) is 0 Å². The van der Waals surface area contributed by atoms with Gasteiger partial charge in [-0.25, -0.2) is 0 Å². The summed E-state index contributed by atoms with van der Waals surface area (Å²) in [5.74, 6) is 2.56. The molecule has 2 fully saturated rings. The molecule has 3 heterocycles. The van der Waals surface area contributed by atoms with Gasteiger partial charge in [0, 0.05) is 36.8 Å². The molecule has 0 radical (unpaired) electrons. The fourth-order valence-electron chi connectivity index (χ4n) is 3.93. The van der Waals surface area contributed by atoms with E-state index in [0.29, 0.717) is 5.69 Å². The summed E-state index contributed by atoms with van der Waals surface area (Å²) in [4.78, 5) is 19.5. The van der Waals surface area contributed by atoms with Crippen LogP contribution in [0.25, 0.3) is 10.8 Å². The quantitative estimate of drug-likeness (QED) is 0.917. The molecule has 4 nitrogen and oxygen atoms in total. The molecule has 0 aliphatic carbocycles. The lowest BCUT2D eigenvalue weighted by atomic mass is 10.0. The molecule has 25 heavy (non-hydrogen) atoms. The molecule has 2 aliphatic rings. The predicted octanol–water partition coefficient (Wildman–Crippen LogP) is 3.32. The van der Waals surface area contributed by atoms with Gasteiger partial charge in [-0.2, -0.15) is 11.8 Å². The molecule has 5 heteroatoms. The van der Waals surface area contributed by atoms with E-state index in [1.807, 2.05) is 30.3 Å². The summed E-state index contributed by atoms with van der Waals surface area (Å²) in [6, 6.07) is 10.9. The Morgan fingerprint density at radius 3 is 2.56 bits per heavy atom. The van der Waals surface area contributed by atoms with E-state index in [9.17, 15) is 4.79 Å². The molecule has 132 valence electrons. The molecule has 4 rings (SSSR count). The molecule has 2 saturated heterocycles. The van der Waals surface area contributed by atoms with Crippen molar-refractivity contribution in [1.29, 1.82) is 0 Å². The van der Waals surface area contributed by atoms with Crippen molar-refractivity contribution in [3.05, 3.63) is 42.2 Å². The molecule has 0 saturated carbocycles. The van der Waals surface area contributed by atoms with Crippen molar-refractivity contribution in [3.8, 4) is 0 Å². The standard InChI is InChI=1S/C20H25N3OS/c24-20(19-13-15-3-1-2-4-16(15)14-21-19)22-17-5-9-23(10-6-17)18-7-11-25-12-8-18/h1-4,13-14,17-18H,5-12H2,(H,22,24). The van der Waals surface area contributed by atoms with Crippen molar-refractivity contribution < 1.29 is 4.79 Å². The molecule has 0 bridgehead atoms. The van der Waals surface area contributed by atoms with E-state index in [4.69, 9.17) is 0 Å². The second kappa shape index (κ2) is 7.75. The van der Waals surface area contributed by atoms with E-state index in [1.54, 1.807) is 6.20 Å². The summed E-state index contributed by atoms with van der Waals surface area (Å²) in [5.41, 5.74) is 0.519. The number of hydrogen-bond donors (Lipinski definition) is 1. The first-order valence-electron chi connectivity index (χ1n) is 9.27. The Balaban J connectivity index is 1.33. The molecule has 1 aromatic heterocycles. The first-order chi connectivity index (χ1) is 12.3. The highest BCUT2D eigenvalue weighted by atomic mass is 32.2. The number of benzene rings is 1. The first-order valence-corrected chi connectivity index (χ1v) is 10.4. The van der Waals surface area contributed by atoms with Crippen LogP contribution in [0, 0.1) is 0 Å². The van der Waals surface area contributed by atoms with Crippen LogP contribution in [0.5, 0.6) is 0 Å². The lowest BCUT2D eigenvalue weighted by molar-refractivity contribution is 0.0882. The Labute approximate surface area is 153 Å². The minimum atomic E-state index is -0.0433. The minimum absolute atomic E-state index is 0.0433. The number of nitrogens with one attached hydrogen (secondary N) is 1. The third kappa shape index (κ3) is 3.98. The monoisotopic (exact) mass is 355 g/mol. The summed E-state index contributed by atoms with van der Waals surface area (Å²) in [5, 5.41) is 5.32. The number of rotatable bonds is 3. The SMILES string of the molecule is O=C(NC1CCN(C2CCSCC2)CC1)c1cc2ccccc2cn1. The molecule has 2 aromatic rings. The molecule has 2 aliphatic heterocycles. The Morgan fingerprint density at radius 1 is 1.08 bits per heavy atom. The van der Waals surface area contributed by atoms with E-state index >= 15 is 0 Å². The number of aromatic nitrogens is 1. The lowest BCUT2D eigenvalue weighted by Crippen LogP contribution is -2.48. The number of carbonyl (C=O) groups excluding carboxylic acids is 1. The number of amides is 1. The van der Waals surface area contributed by atoms with Crippen molar-refractivity contribution in [2.75, 3.05) is 24.6 Å². The Kier molecular flexibility index (Phi) is 5.22. The number of pyridine rings is 1. The maximum Gasteiger partial charge on any atom is 0.270 e. The zero-order chi connectivity index (χ0) is 17.1. The number of piperidine rings is 1. The van der Waals surface area contributed by atoms with Crippen LogP contribution in [0.2, 0.25) is 0 Å².